The second-order valence-electron chi connectivity index (χ2n) is 7.86. The molecule has 4 rings (SSSR count). The first-order valence-electron chi connectivity index (χ1n) is 10.3. The molecule has 1 aliphatic heterocycles. The number of carbonyl (C=O) groups excluding carboxylic acids is 1. The summed E-state index contributed by atoms with van der Waals surface area (Å²) in [4.78, 5) is 18.9. The fraction of sp³-hybridized carbons (Fsp3) is 0.619. The Morgan fingerprint density at radius 1 is 1.11 bits per heavy atom. The molecule has 2 aromatic rings. The van der Waals surface area contributed by atoms with Gasteiger partial charge >= 0.3 is 0 Å². The molecule has 144 valence electrons. The van der Waals surface area contributed by atoms with Gasteiger partial charge in [-0.25, -0.2) is 0 Å². The van der Waals surface area contributed by atoms with Gasteiger partial charge in [-0.15, -0.1) is 10.2 Å². The third-order valence-electron chi connectivity index (χ3n) is 5.93. The van der Waals surface area contributed by atoms with E-state index < -0.39 is 0 Å². The van der Waals surface area contributed by atoms with Gasteiger partial charge < -0.3 is 9.32 Å². The second-order valence-corrected chi connectivity index (χ2v) is 7.86. The first-order chi connectivity index (χ1) is 13.3. The van der Waals surface area contributed by atoms with Crippen LogP contribution >= 0.6 is 0 Å². The molecule has 0 N–H and O–H groups in total. The lowest BCUT2D eigenvalue weighted by atomic mass is 9.92. The fourth-order valence-electron chi connectivity index (χ4n) is 4.28. The summed E-state index contributed by atoms with van der Waals surface area (Å²) < 4.78 is 5.79. The van der Waals surface area contributed by atoms with Crippen molar-refractivity contribution in [2.75, 3.05) is 13.1 Å². The van der Waals surface area contributed by atoms with Crippen LogP contribution in [0.5, 0.6) is 0 Å². The topological polar surface area (TPSA) is 72.1 Å². The van der Waals surface area contributed by atoms with Crippen molar-refractivity contribution in [3.05, 3.63) is 41.9 Å². The molecule has 0 bridgehead atoms. The Hall–Kier alpha value is -2.24. The number of pyridine rings is 1. The van der Waals surface area contributed by atoms with Crippen LogP contribution in [0.15, 0.2) is 28.8 Å². The molecule has 27 heavy (non-hydrogen) atoms. The van der Waals surface area contributed by atoms with Crippen LogP contribution in [0, 0.1) is 5.92 Å². The van der Waals surface area contributed by atoms with Crippen LogP contribution < -0.4 is 0 Å². The summed E-state index contributed by atoms with van der Waals surface area (Å²) in [6.07, 6.45) is 10.8. The number of hydrogen-bond donors (Lipinski definition) is 0. The van der Waals surface area contributed by atoms with Gasteiger partial charge in [0.15, 0.2) is 0 Å². The van der Waals surface area contributed by atoms with Gasteiger partial charge in [0.2, 0.25) is 17.7 Å². The Morgan fingerprint density at radius 2 is 1.93 bits per heavy atom. The Balaban J connectivity index is 1.20. The van der Waals surface area contributed by atoms with Crippen LogP contribution in [-0.2, 0) is 17.6 Å². The number of rotatable bonds is 6. The molecule has 3 heterocycles. The lowest BCUT2D eigenvalue weighted by Gasteiger charge is -2.32. The van der Waals surface area contributed by atoms with E-state index in [4.69, 9.17) is 4.42 Å². The van der Waals surface area contributed by atoms with Gasteiger partial charge in [0.1, 0.15) is 0 Å². The van der Waals surface area contributed by atoms with Crippen LogP contribution in [0.25, 0.3) is 0 Å². The van der Waals surface area contributed by atoms with Crippen molar-refractivity contribution >= 4 is 5.91 Å². The lowest BCUT2D eigenvalue weighted by molar-refractivity contribution is -0.132. The second kappa shape index (κ2) is 8.63. The summed E-state index contributed by atoms with van der Waals surface area (Å²) in [7, 11) is 0. The predicted molar refractivity (Wildman–Crippen MR) is 101 cm³/mol. The highest BCUT2D eigenvalue weighted by molar-refractivity contribution is 5.76. The zero-order valence-electron chi connectivity index (χ0n) is 15.8. The fourth-order valence-corrected chi connectivity index (χ4v) is 4.28. The molecule has 0 unspecified atom stereocenters. The van der Waals surface area contributed by atoms with Crippen LogP contribution in [0.3, 0.4) is 0 Å². The number of carbonyl (C=O) groups is 1. The van der Waals surface area contributed by atoms with Crippen molar-refractivity contribution in [1.82, 2.24) is 20.1 Å². The first-order valence-corrected chi connectivity index (χ1v) is 10.3. The van der Waals surface area contributed by atoms with Crippen LogP contribution in [0.1, 0.15) is 68.3 Å². The smallest absolute Gasteiger partial charge is 0.223 e. The normalized spacial score (nSPS) is 18.9. The van der Waals surface area contributed by atoms with Crippen molar-refractivity contribution in [1.29, 1.82) is 0 Å². The number of piperidine rings is 1. The molecule has 0 radical (unpaired) electrons. The van der Waals surface area contributed by atoms with Gasteiger partial charge in [0, 0.05) is 43.7 Å². The lowest BCUT2D eigenvalue weighted by Crippen LogP contribution is -2.39. The minimum absolute atomic E-state index is 0.201. The maximum absolute atomic E-state index is 12.5. The van der Waals surface area contributed by atoms with E-state index in [2.05, 4.69) is 21.2 Å². The van der Waals surface area contributed by atoms with E-state index in [9.17, 15) is 4.79 Å². The highest BCUT2D eigenvalue weighted by Crippen LogP contribution is 2.33. The Labute approximate surface area is 160 Å². The van der Waals surface area contributed by atoms with Crippen LogP contribution in [-0.4, -0.2) is 39.1 Å². The highest BCUT2D eigenvalue weighted by Gasteiger charge is 2.25. The minimum Gasteiger partial charge on any atom is -0.425 e. The number of aryl methyl sites for hydroxylation is 1. The molecule has 0 atom stereocenters. The molecular weight excluding hydrogens is 340 g/mol. The molecule has 1 saturated heterocycles. The Bertz CT molecular complexity index is 732. The summed E-state index contributed by atoms with van der Waals surface area (Å²) >= 11 is 0. The molecule has 2 aromatic heterocycles. The quantitative estimate of drug-likeness (QED) is 0.780. The van der Waals surface area contributed by atoms with Gasteiger partial charge in [-0.05, 0) is 50.2 Å². The molecule has 6 nitrogen and oxygen atoms in total. The van der Waals surface area contributed by atoms with Gasteiger partial charge in [-0.2, -0.15) is 0 Å². The first kappa shape index (κ1) is 18.1. The molecule has 6 heteroatoms. The van der Waals surface area contributed by atoms with Crippen molar-refractivity contribution in [3.63, 3.8) is 0 Å². The van der Waals surface area contributed by atoms with Crippen molar-refractivity contribution < 1.29 is 9.21 Å². The molecular formula is C21H28N4O2. The maximum atomic E-state index is 12.5. The van der Waals surface area contributed by atoms with Crippen molar-refractivity contribution in [2.45, 2.75) is 63.7 Å². The van der Waals surface area contributed by atoms with E-state index in [1.165, 1.54) is 12.8 Å². The SMILES string of the molecule is O=C(CCc1nnc(C2CCCC2)o1)N1CCC(Cc2ccccn2)CC1. The van der Waals surface area contributed by atoms with E-state index >= 15 is 0 Å². The monoisotopic (exact) mass is 368 g/mol. The molecule has 2 fully saturated rings. The number of nitrogens with zero attached hydrogens (tertiary/aromatic N) is 4. The maximum Gasteiger partial charge on any atom is 0.223 e. The molecule has 0 aromatic carbocycles. The van der Waals surface area contributed by atoms with Crippen molar-refractivity contribution in [2.24, 2.45) is 5.92 Å². The zero-order chi connectivity index (χ0) is 18.5. The number of amides is 1. The molecule has 1 aliphatic carbocycles. The highest BCUT2D eigenvalue weighted by atomic mass is 16.4. The molecule has 0 spiro atoms. The van der Waals surface area contributed by atoms with E-state index in [0.29, 0.717) is 30.6 Å². The summed E-state index contributed by atoms with van der Waals surface area (Å²) in [5, 5.41) is 8.33. The summed E-state index contributed by atoms with van der Waals surface area (Å²) in [5.74, 6) is 2.63. The van der Waals surface area contributed by atoms with Crippen LogP contribution in [0.4, 0.5) is 0 Å². The van der Waals surface area contributed by atoms with Crippen LogP contribution in [0.2, 0.25) is 0 Å². The Kier molecular flexibility index (Phi) is 5.80. The third kappa shape index (κ3) is 4.73. The standard InChI is InChI=1S/C21H28N4O2/c26-20(9-8-19-23-24-21(27-19)17-5-1-2-6-17)25-13-10-16(11-14-25)15-18-7-3-4-12-22-18/h3-4,7,12,16-17H,1-2,5-6,8-11,13-15H2. The summed E-state index contributed by atoms with van der Waals surface area (Å²) in [5.41, 5.74) is 1.15. The van der Waals surface area contributed by atoms with Crippen molar-refractivity contribution in [3.8, 4) is 0 Å². The summed E-state index contributed by atoms with van der Waals surface area (Å²) in [6.45, 7) is 1.68. The molecule has 1 saturated carbocycles. The minimum atomic E-state index is 0.201. The van der Waals surface area contributed by atoms with E-state index in [0.717, 1.165) is 56.8 Å². The van der Waals surface area contributed by atoms with E-state index in [-0.39, 0.29) is 5.91 Å². The number of aromatic nitrogens is 3. The van der Waals surface area contributed by atoms with E-state index in [1.54, 1.807) is 0 Å². The predicted octanol–water partition coefficient (Wildman–Crippen LogP) is 3.54. The molecule has 2 aliphatic rings. The van der Waals surface area contributed by atoms with Gasteiger partial charge in [-0.3, -0.25) is 9.78 Å². The number of likely N-dealkylation sites (tertiary alicyclic amines) is 1. The van der Waals surface area contributed by atoms with Gasteiger partial charge in [0.05, 0.1) is 0 Å². The number of hydrogen-bond acceptors (Lipinski definition) is 5. The zero-order valence-corrected chi connectivity index (χ0v) is 15.8. The average Bonchev–Trinajstić information content (AvgIpc) is 3.39. The van der Waals surface area contributed by atoms with Gasteiger partial charge in [0.25, 0.3) is 0 Å². The summed E-state index contributed by atoms with van der Waals surface area (Å²) in [6, 6.07) is 6.07. The van der Waals surface area contributed by atoms with Gasteiger partial charge in [-0.1, -0.05) is 18.9 Å². The largest absolute Gasteiger partial charge is 0.425 e. The third-order valence-corrected chi connectivity index (χ3v) is 5.93. The molecule has 1 amide bonds. The Morgan fingerprint density at radius 3 is 2.67 bits per heavy atom. The average molecular weight is 368 g/mol. The van der Waals surface area contributed by atoms with E-state index in [1.807, 2.05) is 23.2 Å².